The average molecular weight is 395 g/mol. The molecule has 2 aromatic carbocycles. The Labute approximate surface area is 175 Å². The molecular formula is C26H34O3. The Morgan fingerprint density at radius 1 is 0.621 bits per heavy atom. The van der Waals surface area contributed by atoms with E-state index < -0.39 is 6.16 Å². The summed E-state index contributed by atoms with van der Waals surface area (Å²) in [4.78, 5) is 12.7. The largest absolute Gasteiger partial charge is 0.519 e. The molecule has 156 valence electrons. The summed E-state index contributed by atoms with van der Waals surface area (Å²) in [6.45, 7) is 17.3. The molecule has 0 aromatic heterocycles. The van der Waals surface area contributed by atoms with Crippen LogP contribution < -0.4 is 9.47 Å². The minimum absolute atomic E-state index is 0.252. The lowest BCUT2D eigenvalue weighted by Gasteiger charge is -2.25. The van der Waals surface area contributed by atoms with Crippen molar-refractivity contribution in [2.24, 2.45) is 0 Å². The van der Waals surface area contributed by atoms with Gasteiger partial charge in [-0.2, -0.15) is 0 Å². The van der Waals surface area contributed by atoms with Gasteiger partial charge in [0.15, 0.2) is 0 Å². The third-order valence-corrected chi connectivity index (χ3v) is 5.76. The van der Waals surface area contributed by atoms with Gasteiger partial charge in [0, 0.05) is 17.5 Å². The second kappa shape index (κ2) is 8.22. The summed E-state index contributed by atoms with van der Waals surface area (Å²) in [5.74, 6) is 2.65. The molecule has 3 rings (SSSR count). The molecule has 3 nitrogen and oxygen atoms in total. The molecule has 0 saturated heterocycles. The van der Waals surface area contributed by atoms with Crippen LogP contribution in [0.2, 0.25) is 0 Å². The van der Waals surface area contributed by atoms with Gasteiger partial charge in [-0.15, -0.1) is 0 Å². The molecule has 3 heteroatoms. The Hall–Kier alpha value is -2.29. The average Bonchev–Trinajstić information content (AvgIpc) is 2.61. The standard InChI is InChI=1S/C26H34O3/c1-14(2)18-9-20-11-21-10-19(15(3)4)13-23(17(7)8)25(21)29-26(27)28-24(20)22(12-18)16(5)6/h9-10,12-17H,11H2,1-8H3. The predicted octanol–water partition coefficient (Wildman–Crippen LogP) is 7.66. The summed E-state index contributed by atoms with van der Waals surface area (Å²) >= 11 is 0. The zero-order valence-corrected chi connectivity index (χ0v) is 19.1. The molecule has 0 fully saturated rings. The summed E-state index contributed by atoms with van der Waals surface area (Å²) in [5, 5.41) is 0. The number of hydrogen-bond acceptors (Lipinski definition) is 3. The van der Waals surface area contributed by atoms with Crippen molar-refractivity contribution < 1.29 is 14.3 Å². The van der Waals surface area contributed by atoms with Gasteiger partial charge in [-0.25, -0.2) is 4.79 Å². The Morgan fingerprint density at radius 2 is 1.00 bits per heavy atom. The maximum Gasteiger partial charge on any atom is 0.519 e. The first kappa shape index (κ1) is 21.4. The molecule has 1 heterocycles. The lowest BCUT2D eigenvalue weighted by molar-refractivity contribution is 0.149. The van der Waals surface area contributed by atoms with Crippen LogP contribution in [0.4, 0.5) is 4.79 Å². The van der Waals surface area contributed by atoms with Crippen molar-refractivity contribution >= 4 is 6.16 Å². The molecular weight excluding hydrogens is 360 g/mol. The van der Waals surface area contributed by atoms with Crippen LogP contribution in [0.5, 0.6) is 11.5 Å². The topological polar surface area (TPSA) is 35.5 Å². The smallest absolute Gasteiger partial charge is 0.394 e. The number of ether oxygens (including phenoxy) is 2. The van der Waals surface area contributed by atoms with Gasteiger partial charge >= 0.3 is 6.16 Å². The summed E-state index contributed by atoms with van der Waals surface area (Å²) in [7, 11) is 0. The third-order valence-electron chi connectivity index (χ3n) is 5.76. The number of rotatable bonds is 4. The Bertz CT molecular complexity index is 847. The second-order valence-electron chi connectivity index (χ2n) is 9.45. The maximum atomic E-state index is 12.7. The summed E-state index contributed by atoms with van der Waals surface area (Å²) < 4.78 is 11.5. The van der Waals surface area contributed by atoms with E-state index in [0.717, 1.165) is 22.3 Å². The fraction of sp³-hybridized carbons (Fsp3) is 0.500. The van der Waals surface area contributed by atoms with Crippen molar-refractivity contribution in [1.29, 1.82) is 0 Å². The van der Waals surface area contributed by atoms with Gasteiger partial charge in [0.25, 0.3) is 0 Å². The number of benzene rings is 2. The molecule has 1 aliphatic rings. The van der Waals surface area contributed by atoms with E-state index in [0.29, 0.717) is 29.8 Å². The highest BCUT2D eigenvalue weighted by Gasteiger charge is 2.27. The molecule has 0 N–H and O–H groups in total. The minimum Gasteiger partial charge on any atom is -0.394 e. The zero-order valence-electron chi connectivity index (χ0n) is 19.1. The van der Waals surface area contributed by atoms with Crippen LogP contribution >= 0.6 is 0 Å². The highest BCUT2D eigenvalue weighted by molar-refractivity contribution is 5.72. The van der Waals surface area contributed by atoms with Crippen LogP contribution in [0, 0.1) is 0 Å². The molecule has 0 unspecified atom stereocenters. The molecule has 0 radical (unpaired) electrons. The zero-order chi connectivity index (χ0) is 21.5. The van der Waals surface area contributed by atoms with E-state index in [9.17, 15) is 4.79 Å². The van der Waals surface area contributed by atoms with Gasteiger partial charge in [-0.3, -0.25) is 0 Å². The van der Waals surface area contributed by atoms with E-state index in [4.69, 9.17) is 9.47 Å². The fourth-order valence-electron chi connectivity index (χ4n) is 3.91. The summed E-state index contributed by atoms with van der Waals surface area (Å²) in [5.41, 5.74) is 6.81. The molecule has 29 heavy (non-hydrogen) atoms. The first-order valence-electron chi connectivity index (χ1n) is 10.8. The number of fused-ring (bicyclic) bond motifs is 2. The summed E-state index contributed by atoms with van der Waals surface area (Å²) in [6, 6.07) is 8.75. The predicted molar refractivity (Wildman–Crippen MR) is 119 cm³/mol. The second-order valence-corrected chi connectivity index (χ2v) is 9.45. The van der Waals surface area contributed by atoms with Gasteiger partial charge < -0.3 is 9.47 Å². The monoisotopic (exact) mass is 394 g/mol. The van der Waals surface area contributed by atoms with Crippen molar-refractivity contribution in [1.82, 2.24) is 0 Å². The molecule has 0 saturated carbocycles. The van der Waals surface area contributed by atoms with E-state index in [1.54, 1.807) is 0 Å². The quantitative estimate of drug-likeness (QED) is 0.394. The molecule has 0 amide bonds. The van der Waals surface area contributed by atoms with Crippen molar-refractivity contribution in [2.45, 2.75) is 85.5 Å². The van der Waals surface area contributed by atoms with Gasteiger partial charge in [0.1, 0.15) is 11.5 Å². The first-order valence-corrected chi connectivity index (χ1v) is 10.8. The molecule has 0 atom stereocenters. The van der Waals surface area contributed by atoms with Gasteiger partial charge in [0.2, 0.25) is 0 Å². The normalized spacial score (nSPS) is 13.9. The number of carbonyl (C=O) groups excluding carboxylic acids is 1. The molecule has 0 bridgehead atoms. The van der Waals surface area contributed by atoms with Crippen molar-refractivity contribution in [3.05, 3.63) is 57.6 Å². The Morgan fingerprint density at radius 3 is 1.31 bits per heavy atom. The van der Waals surface area contributed by atoms with Crippen LogP contribution in [0.3, 0.4) is 0 Å². The van der Waals surface area contributed by atoms with Crippen LogP contribution in [-0.2, 0) is 6.42 Å². The van der Waals surface area contributed by atoms with Crippen molar-refractivity contribution in [3.8, 4) is 11.5 Å². The highest BCUT2D eigenvalue weighted by atomic mass is 16.7. The number of hydrogen-bond donors (Lipinski definition) is 0. The highest BCUT2D eigenvalue weighted by Crippen LogP contribution is 2.41. The van der Waals surface area contributed by atoms with Crippen LogP contribution in [-0.4, -0.2) is 6.16 Å². The van der Waals surface area contributed by atoms with Crippen molar-refractivity contribution in [3.63, 3.8) is 0 Å². The lowest BCUT2D eigenvalue weighted by atomic mass is 9.87. The van der Waals surface area contributed by atoms with Crippen LogP contribution in [0.15, 0.2) is 24.3 Å². The van der Waals surface area contributed by atoms with E-state index >= 15 is 0 Å². The van der Waals surface area contributed by atoms with E-state index in [2.05, 4.69) is 79.7 Å². The van der Waals surface area contributed by atoms with E-state index in [-0.39, 0.29) is 11.8 Å². The lowest BCUT2D eigenvalue weighted by Crippen LogP contribution is -2.21. The molecule has 0 spiro atoms. The Kier molecular flexibility index (Phi) is 6.07. The molecule has 2 aromatic rings. The summed E-state index contributed by atoms with van der Waals surface area (Å²) in [6.07, 6.45) is 0.0454. The fourth-order valence-corrected chi connectivity index (χ4v) is 3.91. The minimum atomic E-state index is -0.648. The van der Waals surface area contributed by atoms with Gasteiger partial charge in [-0.1, -0.05) is 79.7 Å². The number of carbonyl (C=O) groups is 1. The van der Waals surface area contributed by atoms with E-state index in [1.165, 1.54) is 11.1 Å². The molecule has 1 aliphatic heterocycles. The first-order chi connectivity index (χ1) is 13.6. The van der Waals surface area contributed by atoms with E-state index in [1.807, 2.05) is 0 Å². The molecule has 0 aliphatic carbocycles. The van der Waals surface area contributed by atoms with Gasteiger partial charge in [-0.05, 0) is 45.9 Å². The Balaban J connectivity index is 2.27. The van der Waals surface area contributed by atoms with Crippen LogP contribution in [0.1, 0.15) is 112 Å². The van der Waals surface area contributed by atoms with Crippen molar-refractivity contribution in [2.75, 3.05) is 0 Å². The third kappa shape index (κ3) is 4.34. The van der Waals surface area contributed by atoms with Crippen LogP contribution in [0.25, 0.3) is 0 Å². The maximum absolute atomic E-state index is 12.7. The SMILES string of the molecule is CC(C)c1cc2c(c(C(C)C)c1)OC(=O)Oc1c(cc(C(C)C)cc1C(C)C)C2. The van der Waals surface area contributed by atoms with Gasteiger partial charge in [0.05, 0.1) is 0 Å².